The fourth-order valence-corrected chi connectivity index (χ4v) is 2.25. The normalized spacial score (nSPS) is 10.7. The first-order valence-corrected chi connectivity index (χ1v) is 6.14. The number of nitrogens with zero attached hydrogens (tertiary/aromatic N) is 1. The molecule has 1 aromatic carbocycles. The Kier molecular flexibility index (Phi) is 2.87. The van der Waals surface area contributed by atoms with Crippen LogP contribution < -0.4 is 0 Å². The summed E-state index contributed by atoms with van der Waals surface area (Å²) in [4.78, 5) is 18.2. The number of hydrogen-bond acceptors (Lipinski definition) is 2. The van der Waals surface area contributed by atoms with Crippen LogP contribution in [0.25, 0.3) is 11.0 Å². The summed E-state index contributed by atoms with van der Waals surface area (Å²) in [5.41, 5.74) is 2.52. The molecule has 1 N–H and O–H groups in total. The lowest BCUT2D eigenvalue weighted by molar-refractivity contribution is 0.112. The molecular weight excluding hydrogens is 359 g/mol. The number of nitrogens with one attached hydrogen (secondary N) is 1. The van der Waals surface area contributed by atoms with E-state index in [0.717, 1.165) is 26.7 Å². The van der Waals surface area contributed by atoms with Crippen LogP contribution in [-0.4, -0.2) is 16.3 Å². The molecule has 0 aliphatic carbocycles. The molecule has 0 unspecified atom stereocenters. The molecule has 0 aliphatic rings. The molecular formula is C9H6BrIN2O. The maximum atomic E-state index is 10.7. The molecule has 3 nitrogen and oxygen atoms in total. The zero-order valence-corrected chi connectivity index (χ0v) is 10.8. The van der Waals surface area contributed by atoms with Crippen molar-refractivity contribution in [1.29, 1.82) is 0 Å². The van der Waals surface area contributed by atoms with Gasteiger partial charge in [-0.3, -0.25) is 4.79 Å². The van der Waals surface area contributed by atoms with Crippen LogP contribution in [0.3, 0.4) is 0 Å². The summed E-state index contributed by atoms with van der Waals surface area (Å²) < 4.78 is 0.901. The molecule has 0 radical (unpaired) electrons. The van der Waals surface area contributed by atoms with E-state index in [9.17, 15) is 4.79 Å². The van der Waals surface area contributed by atoms with Gasteiger partial charge >= 0.3 is 0 Å². The van der Waals surface area contributed by atoms with E-state index < -0.39 is 0 Å². The Bertz CT molecular complexity index is 495. The Morgan fingerprint density at radius 2 is 2.36 bits per heavy atom. The number of rotatable bonds is 2. The van der Waals surface area contributed by atoms with Crippen molar-refractivity contribution < 1.29 is 4.79 Å². The number of aldehydes is 1. The number of carbonyl (C=O) groups is 1. The van der Waals surface area contributed by atoms with Gasteiger partial charge in [0.1, 0.15) is 11.3 Å². The summed E-state index contributed by atoms with van der Waals surface area (Å²) in [6.45, 7) is 0. The van der Waals surface area contributed by atoms with Crippen LogP contribution in [0.2, 0.25) is 0 Å². The zero-order valence-electron chi connectivity index (χ0n) is 7.05. The molecule has 5 heteroatoms. The van der Waals surface area contributed by atoms with E-state index in [1.54, 1.807) is 6.07 Å². The van der Waals surface area contributed by atoms with Crippen LogP contribution in [0, 0.1) is 3.57 Å². The molecule has 1 aromatic heterocycles. The van der Waals surface area contributed by atoms with Crippen LogP contribution in [-0.2, 0) is 5.33 Å². The summed E-state index contributed by atoms with van der Waals surface area (Å²) in [7, 11) is 0. The third-order valence-electron chi connectivity index (χ3n) is 1.93. The lowest BCUT2D eigenvalue weighted by Gasteiger charge is -1.95. The highest BCUT2D eigenvalue weighted by Crippen LogP contribution is 2.22. The number of aromatic nitrogens is 2. The second-order valence-electron chi connectivity index (χ2n) is 2.80. The molecule has 0 fully saturated rings. The van der Waals surface area contributed by atoms with E-state index in [1.807, 2.05) is 6.07 Å². The van der Waals surface area contributed by atoms with Crippen molar-refractivity contribution in [1.82, 2.24) is 9.97 Å². The lowest BCUT2D eigenvalue weighted by atomic mass is 10.2. The number of imidazole rings is 1. The average Bonchev–Trinajstić information content (AvgIpc) is 2.62. The minimum atomic E-state index is 0.686. The summed E-state index contributed by atoms with van der Waals surface area (Å²) in [5.74, 6) is 0.876. The van der Waals surface area contributed by atoms with Crippen molar-refractivity contribution in [2.45, 2.75) is 5.33 Å². The van der Waals surface area contributed by atoms with Gasteiger partial charge in [0, 0.05) is 5.56 Å². The van der Waals surface area contributed by atoms with Crippen molar-refractivity contribution in [3.63, 3.8) is 0 Å². The highest BCUT2D eigenvalue weighted by molar-refractivity contribution is 14.1. The van der Waals surface area contributed by atoms with Crippen molar-refractivity contribution >= 4 is 55.8 Å². The molecule has 72 valence electrons. The molecule has 0 spiro atoms. The van der Waals surface area contributed by atoms with Crippen molar-refractivity contribution in [3.05, 3.63) is 27.1 Å². The van der Waals surface area contributed by atoms with E-state index in [2.05, 4.69) is 48.5 Å². The van der Waals surface area contributed by atoms with Crippen LogP contribution in [0.4, 0.5) is 0 Å². The fraction of sp³-hybridized carbons (Fsp3) is 0.111. The first-order chi connectivity index (χ1) is 6.76. The lowest BCUT2D eigenvalue weighted by Crippen LogP contribution is -1.86. The number of H-pyrrole nitrogens is 1. The second kappa shape index (κ2) is 3.98. The molecule has 2 aromatic rings. The van der Waals surface area contributed by atoms with Crippen molar-refractivity contribution in [2.24, 2.45) is 0 Å². The first-order valence-electron chi connectivity index (χ1n) is 3.94. The van der Waals surface area contributed by atoms with Gasteiger partial charge in [-0.05, 0) is 34.7 Å². The number of alkyl halides is 1. The number of hydrogen-bond donors (Lipinski definition) is 1. The van der Waals surface area contributed by atoms with Gasteiger partial charge in [-0.25, -0.2) is 4.98 Å². The van der Waals surface area contributed by atoms with Gasteiger partial charge < -0.3 is 4.98 Å². The Morgan fingerprint density at radius 1 is 1.57 bits per heavy atom. The van der Waals surface area contributed by atoms with Crippen LogP contribution >= 0.6 is 38.5 Å². The van der Waals surface area contributed by atoms with Gasteiger partial charge in [0.05, 0.1) is 14.4 Å². The topological polar surface area (TPSA) is 45.8 Å². The third-order valence-corrected chi connectivity index (χ3v) is 3.59. The predicted octanol–water partition coefficient (Wildman–Crippen LogP) is 2.87. The van der Waals surface area contributed by atoms with Crippen LogP contribution in [0.15, 0.2) is 12.1 Å². The molecule has 0 aliphatic heterocycles. The summed E-state index contributed by atoms with van der Waals surface area (Å²) in [5, 5.41) is 0.689. The van der Waals surface area contributed by atoms with Crippen molar-refractivity contribution in [3.8, 4) is 0 Å². The quantitative estimate of drug-likeness (QED) is 0.506. The summed E-state index contributed by atoms with van der Waals surface area (Å²) in [6, 6.07) is 3.67. The predicted molar refractivity (Wildman–Crippen MR) is 66.8 cm³/mol. The van der Waals surface area contributed by atoms with Gasteiger partial charge in [-0.15, -0.1) is 0 Å². The molecule has 2 rings (SSSR count). The number of halogens is 2. The van der Waals surface area contributed by atoms with E-state index >= 15 is 0 Å². The molecule has 14 heavy (non-hydrogen) atoms. The van der Waals surface area contributed by atoms with Crippen molar-refractivity contribution in [2.75, 3.05) is 0 Å². The number of carbonyl (C=O) groups excluding carboxylic acids is 1. The Labute approximate surface area is 103 Å². The molecule has 0 saturated heterocycles. The van der Waals surface area contributed by atoms with Crippen LogP contribution in [0.5, 0.6) is 0 Å². The van der Waals surface area contributed by atoms with E-state index in [1.165, 1.54) is 0 Å². The smallest absolute Gasteiger partial charge is 0.151 e. The van der Waals surface area contributed by atoms with Gasteiger partial charge in [0.25, 0.3) is 0 Å². The molecule has 0 atom stereocenters. The van der Waals surface area contributed by atoms with E-state index in [0.29, 0.717) is 10.9 Å². The molecule has 0 saturated carbocycles. The highest BCUT2D eigenvalue weighted by atomic mass is 127. The van der Waals surface area contributed by atoms with Gasteiger partial charge in [-0.1, -0.05) is 15.9 Å². The molecule has 0 amide bonds. The summed E-state index contributed by atoms with van der Waals surface area (Å²) >= 11 is 5.47. The maximum Gasteiger partial charge on any atom is 0.151 e. The average molecular weight is 365 g/mol. The standard InChI is InChI=1S/C9H6BrIN2O/c10-3-7-12-6-2-1-5(4-14)8(11)9(6)13-7/h1-2,4H,3H2,(H,12,13). The van der Waals surface area contributed by atoms with E-state index in [-0.39, 0.29) is 0 Å². The Hall–Kier alpha value is -0.430. The maximum absolute atomic E-state index is 10.7. The molecule has 1 heterocycles. The monoisotopic (exact) mass is 364 g/mol. The Balaban J connectivity index is 2.74. The van der Waals surface area contributed by atoms with Crippen LogP contribution in [0.1, 0.15) is 16.2 Å². The SMILES string of the molecule is O=Cc1ccc2[nH]c(CBr)nc2c1I. The largest absolute Gasteiger partial charge is 0.341 e. The van der Waals surface area contributed by atoms with E-state index in [4.69, 9.17) is 0 Å². The Morgan fingerprint density at radius 3 is 3.00 bits per heavy atom. The zero-order chi connectivity index (χ0) is 10.1. The number of aromatic amines is 1. The second-order valence-corrected chi connectivity index (χ2v) is 4.44. The first kappa shape index (κ1) is 10.1. The third kappa shape index (κ3) is 1.58. The minimum absolute atomic E-state index is 0.686. The highest BCUT2D eigenvalue weighted by Gasteiger charge is 2.08. The van der Waals surface area contributed by atoms with Gasteiger partial charge in [0.15, 0.2) is 6.29 Å². The minimum Gasteiger partial charge on any atom is -0.341 e. The number of fused-ring (bicyclic) bond motifs is 1. The fourth-order valence-electron chi connectivity index (χ4n) is 1.26. The summed E-state index contributed by atoms with van der Waals surface area (Å²) in [6.07, 6.45) is 0.851. The number of benzene rings is 1. The van der Waals surface area contributed by atoms with Gasteiger partial charge in [-0.2, -0.15) is 0 Å². The molecule has 0 bridgehead atoms. The van der Waals surface area contributed by atoms with Gasteiger partial charge in [0.2, 0.25) is 0 Å².